The standard InChI is InChI=1S/C34H57N15O6/c1-18(2)26(30(53)46-23(11-6-14-43-33(38)39)28(51)47-24(31(54)55)12-7-15-44-34(40)41)49-29(52)25(16-19-17-45-22-10-4-3-8-20(19)22)48-27(50)21(35)9-5-13-42-32(36)37/h3-4,8,10,17-18,21,23-26,45H,5-7,9,11-16,35H2,1-2H3,(H,46,53)(H,47,51)(H,48,50)(H,49,52)(H,54,55)(H4,36,37,42)(H4,38,39,43)(H4,40,41,44)/t21-,23-,24-,25-,26-/m0/s1. The summed E-state index contributed by atoms with van der Waals surface area (Å²) in [5.41, 5.74) is 40.0. The number of aromatic amines is 1. The van der Waals surface area contributed by atoms with Gasteiger partial charge in [-0.25, -0.2) is 4.79 Å². The van der Waals surface area contributed by atoms with Gasteiger partial charge in [0, 0.05) is 43.2 Å². The quantitative estimate of drug-likeness (QED) is 0.0286. The van der Waals surface area contributed by atoms with E-state index >= 15 is 0 Å². The number of aliphatic imine (C=N–C) groups is 3. The van der Waals surface area contributed by atoms with E-state index in [1.54, 1.807) is 20.0 Å². The number of aromatic nitrogens is 1. The highest BCUT2D eigenvalue weighted by Gasteiger charge is 2.33. The minimum atomic E-state index is -1.31. The number of fused-ring (bicyclic) bond motifs is 1. The molecule has 55 heavy (non-hydrogen) atoms. The van der Waals surface area contributed by atoms with Crippen molar-refractivity contribution in [3.8, 4) is 0 Å². The molecule has 21 heteroatoms. The number of carboxylic acid groups (broad SMARTS) is 1. The minimum absolute atomic E-state index is 0.000654. The summed E-state index contributed by atoms with van der Waals surface area (Å²) in [6, 6.07) is 1.54. The Morgan fingerprint density at radius 1 is 0.673 bits per heavy atom. The van der Waals surface area contributed by atoms with E-state index in [1.165, 1.54) is 0 Å². The molecule has 5 atom stereocenters. The number of carbonyl (C=O) groups is 5. The van der Waals surface area contributed by atoms with E-state index < -0.39 is 65.7 Å². The number of nitrogens with one attached hydrogen (secondary N) is 5. The third kappa shape index (κ3) is 16.2. The fourth-order valence-electron chi connectivity index (χ4n) is 5.51. The Bertz CT molecular complexity index is 1680. The van der Waals surface area contributed by atoms with Crippen molar-refractivity contribution in [3.05, 3.63) is 36.0 Å². The first-order valence-electron chi connectivity index (χ1n) is 17.9. The van der Waals surface area contributed by atoms with Gasteiger partial charge in [0.15, 0.2) is 17.9 Å². The second kappa shape index (κ2) is 22.8. The van der Waals surface area contributed by atoms with Crippen molar-refractivity contribution >= 4 is 58.4 Å². The summed E-state index contributed by atoms with van der Waals surface area (Å²) in [6.07, 6.45) is 2.92. The molecule has 0 aliphatic rings. The van der Waals surface area contributed by atoms with E-state index in [2.05, 4.69) is 41.2 Å². The maximum Gasteiger partial charge on any atom is 0.326 e. The van der Waals surface area contributed by atoms with Crippen LogP contribution in [0.5, 0.6) is 0 Å². The zero-order valence-electron chi connectivity index (χ0n) is 31.3. The summed E-state index contributed by atoms with van der Waals surface area (Å²) >= 11 is 0. The zero-order chi connectivity index (χ0) is 41.1. The topological polar surface area (TPSA) is 389 Å². The summed E-state index contributed by atoms with van der Waals surface area (Å²) < 4.78 is 0. The van der Waals surface area contributed by atoms with E-state index in [9.17, 15) is 29.1 Å². The number of carbonyl (C=O) groups excluding carboxylic acids is 4. The molecule has 1 heterocycles. The van der Waals surface area contributed by atoms with E-state index in [0.717, 1.165) is 16.5 Å². The summed E-state index contributed by atoms with van der Waals surface area (Å²) in [4.78, 5) is 81.3. The molecule has 0 aliphatic carbocycles. The van der Waals surface area contributed by atoms with E-state index in [0.29, 0.717) is 6.42 Å². The molecule has 0 saturated carbocycles. The monoisotopic (exact) mass is 771 g/mol. The average Bonchev–Trinajstić information content (AvgIpc) is 3.52. The SMILES string of the molecule is CC(C)[C@H](NC(=O)[C@H](Cc1c[nH]c2ccccc12)NC(=O)[C@@H](N)CCCN=C(N)N)C(=O)N[C@@H](CCCN=C(N)N)C(=O)N[C@@H](CCCN=C(N)N)C(=O)O. The lowest BCUT2D eigenvalue weighted by atomic mass is 9.99. The van der Waals surface area contributed by atoms with Gasteiger partial charge >= 0.3 is 5.97 Å². The molecular formula is C34H57N15O6. The lowest BCUT2D eigenvalue weighted by Crippen LogP contribution is -2.60. The van der Waals surface area contributed by atoms with Crippen molar-refractivity contribution < 1.29 is 29.1 Å². The fraction of sp³-hybridized carbons (Fsp3) is 0.529. The molecule has 4 amide bonds. The number of nitrogens with zero attached hydrogens (tertiary/aromatic N) is 3. The molecule has 0 saturated heterocycles. The molecule has 0 unspecified atom stereocenters. The fourth-order valence-corrected chi connectivity index (χ4v) is 5.51. The Kier molecular flexibility index (Phi) is 18.7. The van der Waals surface area contributed by atoms with E-state index in [-0.39, 0.29) is 76.0 Å². The first-order valence-corrected chi connectivity index (χ1v) is 17.9. The number of para-hydroxylation sites is 1. The third-order valence-corrected chi connectivity index (χ3v) is 8.42. The molecule has 2 aromatic rings. The van der Waals surface area contributed by atoms with Crippen molar-refractivity contribution in [3.63, 3.8) is 0 Å². The van der Waals surface area contributed by atoms with Gasteiger partial charge in [0.05, 0.1) is 6.04 Å². The highest BCUT2D eigenvalue weighted by Crippen LogP contribution is 2.20. The normalized spacial score (nSPS) is 13.7. The summed E-state index contributed by atoms with van der Waals surface area (Å²) in [5, 5.41) is 21.2. The Balaban J connectivity index is 2.31. The lowest BCUT2D eigenvalue weighted by molar-refractivity contribution is -0.142. The van der Waals surface area contributed by atoms with Gasteiger partial charge in [0.1, 0.15) is 24.2 Å². The summed E-state index contributed by atoms with van der Waals surface area (Å²) in [5.74, 6) is -4.99. The number of guanidine groups is 3. The van der Waals surface area contributed by atoms with Crippen LogP contribution in [0.2, 0.25) is 0 Å². The Labute approximate surface area is 319 Å². The Hall–Kier alpha value is -6.12. The van der Waals surface area contributed by atoms with Crippen LogP contribution in [0.1, 0.15) is 57.9 Å². The van der Waals surface area contributed by atoms with E-state index in [4.69, 9.17) is 40.1 Å². The van der Waals surface area contributed by atoms with Gasteiger partial charge < -0.3 is 71.5 Å². The van der Waals surface area contributed by atoms with Crippen LogP contribution in [0, 0.1) is 5.92 Å². The van der Waals surface area contributed by atoms with Crippen molar-refractivity contribution in [1.29, 1.82) is 0 Å². The molecule has 20 N–H and O–H groups in total. The predicted octanol–water partition coefficient (Wildman–Crippen LogP) is -3.12. The molecule has 0 spiro atoms. The van der Waals surface area contributed by atoms with Gasteiger partial charge in [-0.2, -0.15) is 0 Å². The number of nitrogens with two attached hydrogens (primary N) is 7. The largest absolute Gasteiger partial charge is 0.480 e. The van der Waals surface area contributed by atoms with Crippen molar-refractivity contribution in [2.75, 3.05) is 19.6 Å². The number of rotatable bonds is 24. The second-order valence-corrected chi connectivity index (χ2v) is 13.3. The number of hydrogen-bond donors (Lipinski definition) is 13. The predicted molar refractivity (Wildman–Crippen MR) is 210 cm³/mol. The van der Waals surface area contributed by atoms with Crippen molar-refractivity contribution in [1.82, 2.24) is 26.3 Å². The molecule has 1 aromatic heterocycles. The van der Waals surface area contributed by atoms with Gasteiger partial charge in [0.25, 0.3) is 0 Å². The highest BCUT2D eigenvalue weighted by molar-refractivity contribution is 5.96. The van der Waals surface area contributed by atoms with Crippen LogP contribution < -0.4 is 61.4 Å². The first-order chi connectivity index (χ1) is 26.0. The second-order valence-electron chi connectivity index (χ2n) is 13.3. The molecule has 0 bridgehead atoms. The minimum Gasteiger partial charge on any atom is -0.480 e. The first kappa shape index (κ1) is 45.0. The van der Waals surface area contributed by atoms with E-state index in [1.807, 2.05) is 24.3 Å². The van der Waals surface area contributed by atoms with Gasteiger partial charge in [-0.15, -0.1) is 0 Å². The van der Waals surface area contributed by atoms with Gasteiger partial charge in [0.2, 0.25) is 23.6 Å². The van der Waals surface area contributed by atoms with Crippen LogP contribution in [0.25, 0.3) is 10.9 Å². The highest BCUT2D eigenvalue weighted by atomic mass is 16.4. The molecule has 304 valence electrons. The maximum atomic E-state index is 14.0. The number of amides is 4. The van der Waals surface area contributed by atoms with Gasteiger partial charge in [-0.05, 0) is 56.1 Å². The van der Waals surface area contributed by atoms with Crippen molar-refractivity contribution in [2.45, 2.75) is 89.0 Å². The van der Waals surface area contributed by atoms with Crippen LogP contribution in [0.3, 0.4) is 0 Å². The number of aliphatic carboxylic acids is 1. The number of benzene rings is 1. The molecule has 1 aromatic carbocycles. The number of carboxylic acids is 1. The summed E-state index contributed by atoms with van der Waals surface area (Å²) in [6.45, 7) is 3.91. The molecule has 0 radical (unpaired) electrons. The lowest BCUT2D eigenvalue weighted by Gasteiger charge is -2.28. The van der Waals surface area contributed by atoms with Crippen molar-refractivity contribution in [2.24, 2.45) is 61.0 Å². The smallest absolute Gasteiger partial charge is 0.326 e. The maximum absolute atomic E-state index is 14.0. The molecule has 21 nitrogen and oxygen atoms in total. The average molecular weight is 772 g/mol. The summed E-state index contributed by atoms with van der Waals surface area (Å²) in [7, 11) is 0. The number of hydrogen-bond acceptors (Lipinski definition) is 9. The third-order valence-electron chi connectivity index (χ3n) is 8.42. The van der Waals surface area contributed by atoms with Crippen LogP contribution in [0.15, 0.2) is 45.4 Å². The van der Waals surface area contributed by atoms with Crippen LogP contribution in [-0.2, 0) is 30.4 Å². The molecule has 0 fully saturated rings. The van der Waals surface area contributed by atoms with Gasteiger partial charge in [-0.1, -0.05) is 32.0 Å². The van der Waals surface area contributed by atoms with Crippen LogP contribution in [-0.4, -0.2) is 107 Å². The van der Waals surface area contributed by atoms with Gasteiger partial charge in [-0.3, -0.25) is 34.2 Å². The molecular weight excluding hydrogens is 714 g/mol. The molecule has 0 aliphatic heterocycles. The van der Waals surface area contributed by atoms with Crippen LogP contribution >= 0.6 is 0 Å². The Morgan fingerprint density at radius 3 is 1.71 bits per heavy atom. The molecule has 2 rings (SSSR count). The number of H-pyrrole nitrogens is 1. The zero-order valence-corrected chi connectivity index (χ0v) is 31.3. The van der Waals surface area contributed by atoms with Crippen LogP contribution in [0.4, 0.5) is 0 Å². The Morgan fingerprint density at radius 2 is 1.16 bits per heavy atom.